The van der Waals surface area contributed by atoms with E-state index in [0.717, 1.165) is 5.56 Å². The van der Waals surface area contributed by atoms with Crippen LogP contribution in [-0.4, -0.2) is 60.1 Å². The summed E-state index contributed by atoms with van der Waals surface area (Å²) < 4.78 is 31.6. The second-order valence-corrected chi connectivity index (χ2v) is 8.80. The van der Waals surface area contributed by atoms with E-state index in [1.165, 1.54) is 31.4 Å². The zero-order chi connectivity index (χ0) is 21.4. The molecule has 0 fully saturated rings. The topological polar surface area (TPSA) is 87.7 Å². The molecule has 2 N–H and O–H groups in total. The zero-order valence-electron chi connectivity index (χ0n) is 16.7. The molecule has 0 aliphatic heterocycles. The molecule has 2 aromatic carbocycles. The third kappa shape index (κ3) is 6.52. The number of ether oxygens (including phenoxy) is 1. The van der Waals surface area contributed by atoms with Gasteiger partial charge in [-0.05, 0) is 50.0 Å². The maximum atomic E-state index is 12.5. The fraction of sp³-hybridized carbons (Fsp3) is 0.350. The minimum absolute atomic E-state index is 0.0902. The Bertz CT molecular complexity index is 918. The standard InChI is InChI=1S/C20H26ClN3O4S/c1-24(2)19(17-6-4-5-7-18(17)21)14-22-20(25)15-8-10-16(11-9-15)29(26,27)23-12-13-28-3/h4-11,19,23H,12-14H2,1-3H3,(H,22,25)/t19-/m1/s1. The normalized spacial score (nSPS) is 12.7. The molecule has 0 saturated heterocycles. The molecular weight excluding hydrogens is 414 g/mol. The van der Waals surface area contributed by atoms with Gasteiger partial charge in [-0.3, -0.25) is 4.79 Å². The van der Waals surface area contributed by atoms with Crippen molar-refractivity contribution in [1.29, 1.82) is 0 Å². The van der Waals surface area contributed by atoms with Gasteiger partial charge in [0, 0.05) is 30.8 Å². The summed E-state index contributed by atoms with van der Waals surface area (Å²) in [5.74, 6) is -0.291. The molecule has 2 rings (SSSR count). The molecule has 0 saturated carbocycles. The molecule has 1 amide bonds. The first-order valence-electron chi connectivity index (χ1n) is 9.04. The Hall–Kier alpha value is -1.97. The van der Waals surface area contributed by atoms with Crippen molar-refractivity contribution in [2.45, 2.75) is 10.9 Å². The Morgan fingerprint density at radius 2 is 1.79 bits per heavy atom. The van der Waals surface area contributed by atoms with E-state index in [9.17, 15) is 13.2 Å². The first kappa shape index (κ1) is 23.3. The van der Waals surface area contributed by atoms with E-state index < -0.39 is 10.0 Å². The van der Waals surface area contributed by atoms with Crippen LogP contribution in [0.2, 0.25) is 5.02 Å². The highest BCUT2D eigenvalue weighted by molar-refractivity contribution is 7.89. The summed E-state index contributed by atoms with van der Waals surface area (Å²) in [4.78, 5) is 14.6. The number of carbonyl (C=O) groups is 1. The number of nitrogens with zero attached hydrogens (tertiary/aromatic N) is 1. The Labute approximate surface area is 177 Å². The monoisotopic (exact) mass is 439 g/mol. The summed E-state index contributed by atoms with van der Waals surface area (Å²) in [5.41, 5.74) is 1.29. The molecule has 9 heteroatoms. The minimum atomic E-state index is -3.64. The van der Waals surface area contributed by atoms with E-state index in [1.807, 2.05) is 43.3 Å². The fourth-order valence-electron chi connectivity index (χ4n) is 2.75. The Morgan fingerprint density at radius 1 is 1.14 bits per heavy atom. The molecule has 0 aliphatic rings. The smallest absolute Gasteiger partial charge is 0.251 e. The highest BCUT2D eigenvalue weighted by Gasteiger charge is 2.19. The van der Waals surface area contributed by atoms with Crippen molar-refractivity contribution in [2.75, 3.05) is 40.9 Å². The maximum absolute atomic E-state index is 12.5. The summed E-state index contributed by atoms with van der Waals surface area (Å²) in [6, 6.07) is 13.2. The van der Waals surface area contributed by atoms with Gasteiger partial charge in [-0.2, -0.15) is 0 Å². The highest BCUT2D eigenvalue weighted by atomic mass is 35.5. The number of hydrogen-bond donors (Lipinski definition) is 2. The lowest BCUT2D eigenvalue weighted by Gasteiger charge is -2.26. The van der Waals surface area contributed by atoms with Crippen LogP contribution in [-0.2, 0) is 14.8 Å². The number of carbonyl (C=O) groups excluding carboxylic acids is 1. The number of benzene rings is 2. The van der Waals surface area contributed by atoms with Crippen molar-refractivity contribution in [2.24, 2.45) is 0 Å². The average molecular weight is 440 g/mol. The van der Waals surface area contributed by atoms with Crippen LogP contribution in [0.1, 0.15) is 22.0 Å². The van der Waals surface area contributed by atoms with E-state index in [4.69, 9.17) is 16.3 Å². The van der Waals surface area contributed by atoms with Crippen LogP contribution in [0.15, 0.2) is 53.4 Å². The maximum Gasteiger partial charge on any atom is 0.251 e. The van der Waals surface area contributed by atoms with Gasteiger partial charge in [0.15, 0.2) is 0 Å². The average Bonchev–Trinajstić information content (AvgIpc) is 2.69. The van der Waals surface area contributed by atoms with Gasteiger partial charge in [0.05, 0.1) is 17.5 Å². The number of halogens is 1. The van der Waals surface area contributed by atoms with Crippen molar-refractivity contribution in [3.63, 3.8) is 0 Å². The predicted molar refractivity (Wildman–Crippen MR) is 114 cm³/mol. The highest BCUT2D eigenvalue weighted by Crippen LogP contribution is 2.25. The molecule has 29 heavy (non-hydrogen) atoms. The second kappa shape index (κ2) is 10.7. The zero-order valence-corrected chi connectivity index (χ0v) is 18.3. The van der Waals surface area contributed by atoms with Crippen LogP contribution >= 0.6 is 11.6 Å². The summed E-state index contributed by atoms with van der Waals surface area (Å²) in [5, 5.41) is 3.52. The molecule has 1 atom stereocenters. The van der Waals surface area contributed by atoms with Crippen LogP contribution in [0.3, 0.4) is 0 Å². The van der Waals surface area contributed by atoms with Gasteiger partial charge >= 0.3 is 0 Å². The van der Waals surface area contributed by atoms with Crippen molar-refractivity contribution < 1.29 is 17.9 Å². The first-order valence-corrected chi connectivity index (χ1v) is 10.9. The van der Waals surface area contributed by atoms with E-state index in [-0.39, 0.29) is 30.0 Å². The summed E-state index contributed by atoms with van der Waals surface area (Å²) in [7, 11) is 1.68. The van der Waals surface area contributed by atoms with Gasteiger partial charge in [-0.15, -0.1) is 0 Å². The van der Waals surface area contributed by atoms with Crippen molar-refractivity contribution in [1.82, 2.24) is 14.9 Å². The van der Waals surface area contributed by atoms with E-state index >= 15 is 0 Å². The van der Waals surface area contributed by atoms with Crippen molar-refractivity contribution in [3.8, 4) is 0 Å². The summed E-state index contributed by atoms with van der Waals surface area (Å²) in [6.45, 7) is 0.807. The molecule has 2 aromatic rings. The molecule has 0 unspecified atom stereocenters. The molecule has 0 radical (unpaired) electrons. The number of rotatable bonds is 10. The van der Waals surface area contributed by atoms with Crippen LogP contribution in [0.4, 0.5) is 0 Å². The third-order valence-electron chi connectivity index (χ3n) is 4.37. The van der Waals surface area contributed by atoms with Crippen molar-refractivity contribution in [3.05, 3.63) is 64.7 Å². The lowest BCUT2D eigenvalue weighted by atomic mass is 10.1. The van der Waals surface area contributed by atoms with Gasteiger partial charge in [0.1, 0.15) is 0 Å². The Balaban J connectivity index is 2.04. The van der Waals surface area contributed by atoms with Crippen molar-refractivity contribution >= 4 is 27.5 Å². The number of hydrogen-bond acceptors (Lipinski definition) is 5. The fourth-order valence-corrected chi connectivity index (χ4v) is 4.03. The summed E-state index contributed by atoms with van der Waals surface area (Å²) in [6.07, 6.45) is 0. The summed E-state index contributed by atoms with van der Waals surface area (Å²) >= 11 is 6.29. The number of nitrogens with one attached hydrogen (secondary N) is 2. The predicted octanol–water partition coefficient (Wildman–Crippen LogP) is 2.30. The van der Waals surface area contributed by atoms with Gasteiger partial charge in [-0.25, -0.2) is 13.1 Å². The number of methoxy groups -OCH3 is 1. The van der Waals surface area contributed by atoms with Crippen LogP contribution < -0.4 is 10.0 Å². The van der Waals surface area contributed by atoms with E-state index in [1.54, 1.807) is 0 Å². The van der Waals surface area contributed by atoms with Gasteiger partial charge in [0.25, 0.3) is 5.91 Å². The quantitative estimate of drug-likeness (QED) is 0.554. The Kier molecular flexibility index (Phi) is 8.60. The number of likely N-dealkylation sites (N-methyl/N-ethyl adjacent to an activating group) is 1. The molecule has 158 valence electrons. The minimum Gasteiger partial charge on any atom is -0.383 e. The van der Waals surface area contributed by atoms with Crippen LogP contribution in [0.25, 0.3) is 0 Å². The van der Waals surface area contributed by atoms with Gasteiger partial charge in [0.2, 0.25) is 10.0 Å². The first-order chi connectivity index (χ1) is 13.8. The molecule has 0 aliphatic carbocycles. The molecule has 0 bridgehead atoms. The molecule has 0 spiro atoms. The van der Waals surface area contributed by atoms with E-state index in [0.29, 0.717) is 17.1 Å². The SMILES string of the molecule is COCCNS(=O)(=O)c1ccc(C(=O)NC[C@H](c2ccccc2Cl)N(C)C)cc1. The Morgan fingerprint density at radius 3 is 2.38 bits per heavy atom. The van der Waals surface area contributed by atoms with Gasteiger partial charge in [-0.1, -0.05) is 29.8 Å². The lowest BCUT2D eigenvalue weighted by Crippen LogP contribution is -2.34. The van der Waals surface area contributed by atoms with Gasteiger partial charge < -0.3 is 15.0 Å². The molecule has 0 heterocycles. The molecule has 7 nitrogen and oxygen atoms in total. The molecule has 0 aromatic heterocycles. The second-order valence-electron chi connectivity index (χ2n) is 6.63. The lowest BCUT2D eigenvalue weighted by molar-refractivity contribution is 0.0942. The molecular formula is C20H26ClN3O4S. The van der Waals surface area contributed by atoms with Crippen LogP contribution in [0.5, 0.6) is 0 Å². The number of sulfonamides is 1. The number of amides is 1. The third-order valence-corrected chi connectivity index (χ3v) is 6.19. The van der Waals surface area contributed by atoms with Crippen LogP contribution in [0, 0.1) is 0 Å². The van der Waals surface area contributed by atoms with E-state index in [2.05, 4.69) is 10.0 Å². The largest absolute Gasteiger partial charge is 0.383 e.